The van der Waals surface area contributed by atoms with Gasteiger partial charge >= 0.3 is 5.97 Å². The minimum atomic E-state index is -0.992. The second-order valence-electron chi connectivity index (χ2n) is 6.37. The van der Waals surface area contributed by atoms with Crippen molar-refractivity contribution in [3.05, 3.63) is 29.8 Å². The first-order valence-corrected chi connectivity index (χ1v) is 8.78. The molecule has 1 aromatic rings. The molecule has 6 nitrogen and oxygen atoms in total. The van der Waals surface area contributed by atoms with E-state index in [4.69, 9.17) is 4.74 Å². The van der Waals surface area contributed by atoms with Crippen LogP contribution < -0.4 is 5.32 Å². The van der Waals surface area contributed by atoms with Gasteiger partial charge in [-0.15, -0.1) is 0 Å². The number of anilines is 1. The van der Waals surface area contributed by atoms with Crippen LogP contribution in [0, 0.1) is 5.41 Å². The highest BCUT2D eigenvalue weighted by molar-refractivity contribution is 6.14. The van der Waals surface area contributed by atoms with Crippen LogP contribution in [0.25, 0.3) is 0 Å². The number of carbonyl (C=O) groups is 3. The first-order valence-electron chi connectivity index (χ1n) is 8.78. The Hall–Kier alpha value is -2.37. The summed E-state index contributed by atoms with van der Waals surface area (Å²) in [4.78, 5) is 39.3. The summed E-state index contributed by atoms with van der Waals surface area (Å²) < 4.78 is 4.74. The fourth-order valence-electron chi connectivity index (χ4n) is 2.94. The highest BCUT2D eigenvalue weighted by Gasteiger charge is 2.57. The molecule has 0 unspecified atom stereocenters. The largest absolute Gasteiger partial charge is 0.465 e. The zero-order chi connectivity index (χ0) is 18.4. The molecule has 1 aliphatic rings. The summed E-state index contributed by atoms with van der Waals surface area (Å²) in [7, 11) is 1.29. The lowest BCUT2D eigenvalue weighted by Gasteiger charge is -2.26. The maximum absolute atomic E-state index is 12.9. The van der Waals surface area contributed by atoms with E-state index in [1.54, 1.807) is 29.2 Å². The Morgan fingerprint density at radius 1 is 1.12 bits per heavy atom. The van der Waals surface area contributed by atoms with E-state index in [-0.39, 0.29) is 17.4 Å². The fraction of sp³-hybridized carbons (Fsp3) is 0.526. The van der Waals surface area contributed by atoms with E-state index in [2.05, 4.69) is 5.32 Å². The topological polar surface area (TPSA) is 75.7 Å². The molecule has 1 aliphatic carbocycles. The molecule has 2 rings (SSSR count). The predicted molar refractivity (Wildman–Crippen MR) is 95.2 cm³/mol. The molecule has 0 atom stereocenters. The third-order valence-corrected chi connectivity index (χ3v) is 4.45. The van der Waals surface area contributed by atoms with Crippen LogP contribution in [0.2, 0.25) is 0 Å². The van der Waals surface area contributed by atoms with E-state index in [1.165, 1.54) is 7.11 Å². The SMILES string of the molecule is CCCN(CCC)C(=O)C1(C(=O)Nc2ccccc2C(=O)OC)CC1. The lowest BCUT2D eigenvalue weighted by molar-refractivity contribution is -0.142. The normalized spacial score (nSPS) is 14.5. The maximum atomic E-state index is 12.9. The van der Waals surface area contributed by atoms with Crippen LogP contribution in [0.1, 0.15) is 49.9 Å². The van der Waals surface area contributed by atoms with Gasteiger partial charge < -0.3 is 15.0 Å². The first kappa shape index (κ1) is 19.0. The Morgan fingerprint density at radius 3 is 2.24 bits per heavy atom. The fourth-order valence-corrected chi connectivity index (χ4v) is 2.94. The molecule has 2 amide bonds. The Morgan fingerprint density at radius 2 is 1.72 bits per heavy atom. The molecule has 0 spiro atoms. The average Bonchev–Trinajstić information content (AvgIpc) is 3.42. The number of methoxy groups -OCH3 is 1. The molecule has 0 bridgehead atoms. The minimum absolute atomic E-state index is 0.107. The third-order valence-electron chi connectivity index (χ3n) is 4.45. The zero-order valence-corrected chi connectivity index (χ0v) is 15.1. The lowest BCUT2D eigenvalue weighted by atomic mass is 10.0. The number of hydrogen-bond donors (Lipinski definition) is 1. The lowest BCUT2D eigenvalue weighted by Crippen LogP contribution is -2.43. The zero-order valence-electron chi connectivity index (χ0n) is 15.1. The molecule has 136 valence electrons. The van der Waals surface area contributed by atoms with Crippen LogP contribution in [-0.2, 0) is 14.3 Å². The minimum Gasteiger partial charge on any atom is -0.465 e. The third kappa shape index (κ3) is 4.00. The number of amides is 2. The molecule has 1 N–H and O–H groups in total. The Kier molecular flexibility index (Phi) is 6.17. The van der Waals surface area contributed by atoms with Crippen molar-refractivity contribution in [1.82, 2.24) is 4.90 Å². The second-order valence-corrected chi connectivity index (χ2v) is 6.37. The summed E-state index contributed by atoms with van der Waals surface area (Å²) in [5.74, 6) is -0.971. The standard InChI is InChI=1S/C19H26N2O4/c1-4-12-21(13-5-2)18(24)19(10-11-19)17(23)20-15-9-7-6-8-14(15)16(22)25-3/h6-9H,4-5,10-13H2,1-3H3,(H,20,23). The summed E-state index contributed by atoms with van der Waals surface area (Å²) >= 11 is 0. The van der Waals surface area contributed by atoms with Gasteiger partial charge in [-0.05, 0) is 37.8 Å². The number of rotatable bonds is 8. The van der Waals surface area contributed by atoms with Gasteiger partial charge in [0.15, 0.2) is 0 Å². The molecule has 0 heterocycles. The summed E-state index contributed by atoms with van der Waals surface area (Å²) in [6.07, 6.45) is 2.80. The van der Waals surface area contributed by atoms with Crippen molar-refractivity contribution in [2.24, 2.45) is 5.41 Å². The van der Waals surface area contributed by atoms with Gasteiger partial charge in [0.05, 0.1) is 18.4 Å². The van der Waals surface area contributed by atoms with Crippen LogP contribution in [-0.4, -0.2) is 42.9 Å². The van der Waals surface area contributed by atoms with Crippen LogP contribution in [0.5, 0.6) is 0 Å². The number of carbonyl (C=O) groups excluding carboxylic acids is 3. The maximum Gasteiger partial charge on any atom is 0.339 e. The average molecular weight is 346 g/mol. The summed E-state index contributed by atoms with van der Waals surface area (Å²) in [6.45, 7) is 5.34. The highest BCUT2D eigenvalue weighted by Crippen LogP contribution is 2.48. The number of hydrogen-bond acceptors (Lipinski definition) is 4. The van der Waals surface area contributed by atoms with E-state index < -0.39 is 11.4 Å². The molecule has 0 saturated heterocycles. The number of para-hydroxylation sites is 1. The molecule has 0 aliphatic heterocycles. The monoisotopic (exact) mass is 346 g/mol. The molecule has 0 radical (unpaired) electrons. The molecule has 0 aromatic heterocycles. The Bertz CT molecular complexity index is 647. The van der Waals surface area contributed by atoms with E-state index in [0.29, 0.717) is 31.6 Å². The van der Waals surface area contributed by atoms with Gasteiger partial charge in [0.25, 0.3) is 0 Å². The van der Waals surface area contributed by atoms with Gasteiger partial charge in [-0.1, -0.05) is 26.0 Å². The van der Waals surface area contributed by atoms with Crippen molar-refractivity contribution in [2.45, 2.75) is 39.5 Å². The molecular weight excluding hydrogens is 320 g/mol. The van der Waals surface area contributed by atoms with E-state index in [0.717, 1.165) is 12.8 Å². The second kappa shape index (κ2) is 8.14. The van der Waals surface area contributed by atoms with Gasteiger partial charge in [-0.25, -0.2) is 4.79 Å². The number of esters is 1. The Labute approximate surface area is 148 Å². The summed E-state index contributed by atoms with van der Waals surface area (Å²) in [6, 6.07) is 6.65. The van der Waals surface area contributed by atoms with Crippen LogP contribution in [0.4, 0.5) is 5.69 Å². The Balaban J connectivity index is 2.18. The molecule has 6 heteroatoms. The molecule has 25 heavy (non-hydrogen) atoms. The number of ether oxygens (including phenoxy) is 1. The van der Waals surface area contributed by atoms with Gasteiger partial charge in [0.2, 0.25) is 11.8 Å². The summed E-state index contributed by atoms with van der Waals surface area (Å²) in [5.41, 5.74) is -0.343. The van der Waals surface area contributed by atoms with Crippen LogP contribution >= 0.6 is 0 Å². The van der Waals surface area contributed by atoms with Crippen molar-refractivity contribution in [3.8, 4) is 0 Å². The van der Waals surface area contributed by atoms with Crippen molar-refractivity contribution in [1.29, 1.82) is 0 Å². The van der Waals surface area contributed by atoms with Gasteiger partial charge in [-0.2, -0.15) is 0 Å². The number of nitrogens with one attached hydrogen (secondary N) is 1. The van der Waals surface area contributed by atoms with Crippen molar-refractivity contribution in [2.75, 3.05) is 25.5 Å². The van der Waals surface area contributed by atoms with Crippen LogP contribution in [0.3, 0.4) is 0 Å². The van der Waals surface area contributed by atoms with Gasteiger partial charge in [-0.3, -0.25) is 9.59 Å². The smallest absolute Gasteiger partial charge is 0.339 e. The number of nitrogens with zero attached hydrogens (tertiary/aromatic N) is 1. The van der Waals surface area contributed by atoms with Crippen molar-refractivity contribution >= 4 is 23.5 Å². The van der Waals surface area contributed by atoms with Crippen molar-refractivity contribution in [3.63, 3.8) is 0 Å². The highest BCUT2D eigenvalue weighted by atomic mass is 16.5. The summed E-state index contributed by atoms with van der Waals surface area (Å²) in [5, 5.41) is 2.76. The quantitative estimate of drug-likeness (QED) is 0.580. The first-order chi connectivity index (χ1) is 12.0. The molecule has 1 saturated carbocycles. The van der Waals surface area contributed by atoms with E-state index in [1.807, 2.05) is 13.8 Å². The molecule has 1 fully saturated rings. The van der Waals surface area contributed by atoms with E-state index >= 15 is 0 Å². The number of benzene rings is 1. The predicted octanol–water partition coefficient (Wildman–Crippen LogP) is 2.84. The van der Waals surface area contributed by atoms with Gasteiger partial charge in [0, 0.05) is 13.1 Å². The van der Waals surface area contributed by atoms with Crippen molar-refractivity contribution < 1.29 is 19.1 Å². The van der Waals surface area contributed by atoms with E-state index in [9.17, 15) is 14.4 Å². The van der Waals surface area contributed by atoms with Crippen LogP contribution in [0.15, 0.2) is 24.3 Å². The van der Waals surface area contributed by atoms with Gasteiger partial charge in [0.1, 0.15) is 5.41 Å². The molecular formula is C19H26N2O4. The molecule has 1 aromatic carbocycles.